The lowest BCUT2D eigenvalue weighted by atomic mass is 10.1. The number of hydrogen-bond donors (Lipinski definition) is 1. The molecular formula is C12H18BrNS. The van der Waals surface area contributed by atoms with Gasteiger partial charge in [0.2, 0.25) is 0 Å². The van der Waals surface area contributed by atoms with Crippen LogP contribution in [-0.2, 0) is 0 Å². The third kappa shape index (κ3) is 5.05. The number of thioether (sulfide) groups is 1. The van der Waals surface area contributed by atoms with Crippen molar-refractivity contribution in [1.29, 1.82) is 0 Å². The first kappa shape index (κ1) is 13.1. The molecule has 0 amide bonds. The zero-order valence-corrected chi connectivity index (χ0v) is 11.7. The normalized spacial score (nSPS) is 12.7. The van der Waals surface area contributed by atoms with E-state index in [0.717, 1.165) is 11.0 Å². The number of halogens is 1. The van der Waals surface area contributed by atoms with Gasteiger partial charge in [-0.3, -0.25) is 0 Å². The molecule has 0 aliphatic rings. The Morgan fingerprint density at radius 1 is 1.47 bits per heavy atom. The maximum Gasteiger partial charge on any atom is 0.0292 e. The van der Waals surface area contributed by atoms with Crippen molar-refractivity contribution in [2.45, 2.75) is 19.9 Å². The van der Waals surface area contributed by atoms with Crippen molar-refractivity contribution < 1.29 is 0 Å². The van der Waals surface area contributed by atoms with Crippen molar-refractivity contribution in [3.05, 3.63) is 34.3 Å². The minimum atomic E-state index is 0.431. The van der Waals surface area contributed by atoms with Crippen LogP contribution in [0.25, 0.3) is 0 Å². The summed E-state index contributed by atoms with van der Waals surface area (Å²) in [5.41, 5.74) is 1.34. The van der Waals surface area contributed by atoms with E-state index in [1.165, 1.54) is 17.1 Å². The smallest absolute Gasteiger partial charge is 0.0292 e. The molecule has 0 heterocycles. The highest BCUT2D eigenvalue weighted by atomic mass is 79.9. The van der Waals surface area contributed by atoms with Crippen LogP contribution < -0.4 is 5.32 Å². The van der Waals surface area contributed by atoms with E-state index in [1.54, 1.807) is 0 Å². The first-order valence-electron chi connectivity index (χ1n) is 5.30. The Labute approximate surface area is 105 Å². The molecule has 0 bridgehead atoms. The Morgan fingerprint density at radius 3 is 2.93 bits per heavy atom. The predicted molar refractivity (Wildman–Crippen MR) is 73.6 cm³/mol. The second-order valence-electron chi connectivity index (χ2n) is 3.43. The summed E-state index contributed by atoms with van der Waals surface area (Å²) in [7, 11) is 0. The van der Waals surface area contributed by atoms with Crippen LogP contribution in [0.4, 0.5) is 0 Å². The van der Waals surface area contributed by atoms with Crippen LogP contribution in [-0.4, -0.2) is 18.1 Å². The summed E-state index contributed by atoms with van der Waals surface area (Å²) in [5.74, 6) is 2.39. The van der Waals surface area contributed by atoms with Gasteiger partial charge in [-0.2, -0.15) is 11.8 Å². The van der Waals surface area contributed by atoms with E-state index < -0.39 is 0 Å². The average molecular weight is 288 g/mol. The summed E-state index contributed by atoms with van der Waals surface area (Å²) in [6.45, 7) is 5.48. The fourth-order valence-electron chi connectivity index (χ4n) is 1.39. The molecule has 15 heavy (non-hydrogen) atoms. The van der Waals surface area contributed by atoms with Crippen LogP contribution in [0.3, 0.4) is 0 Å². The molecule has 0 radical (unpaired) electrons. The van der Waals surface area contributed by atoms with Crippen molar-refractivity contribution in [2.75, 3.05) is 18.1 Å². The molecule has 84 valence electrons. The van der Waals surface area contributed by atoms with Crippen LogP contribution in [0.2, 0.25) is 0 Å². The van der Waals surface area contributed by atoms with Gasteiger partial charge in [-0.15, -0.1) is 0 Å². The summed E-state index contributed by atoms with van der Waals surface area (Å²) in [5, 5.41) is 3.52. The second kappa shape index (κ2) is 7.31. The Balaban J connectivity index is 2.36. The van der Waals surface area contributed by atoms with E-state index in [0.29, 0.717) is 6.04 Å². The molecule has 0 saturated heterocycles. The highest BCUT2D eigenvalue weighted by Gasteiger charge is 2.03. The fraction of sp³-hybridized carbons (Fsp3) is 0.500. The summed E-state index contributed by atoms with van der Waals surface area (Å²) in [6.07, 6.45) is 0. The zero-order valence-electron chi connectivity index (χ0n) is 9.29. The van der Waals surface area contributed by atoms with Gasteiger partial charge in [-0.1, -0.05) is 35.0 Å². The Kier molecular flexibility index (Phi) is 6.37. The summed E-state index contributed by atoms with van der Waals surface area (Å²) in [6, 6.07) is 8.90. The largest absolute Gasteiger partial charge is 0.309 e. The molecular weight excluding hydrogens is 270 g/mol. The van der Waals surface area contributed by atoms with Gasteiger partial charge in [0.15, 0.2) is 0 Å². The van der Waals surface area contributed by atoms with Gasteiger partial charge in [-0.25, -0.2) is 0 Å². The highest BCUT2D eigenvalue weighted by molar-refractivity contribution is 9.10. The lowest BCUT2D eigenvalue weighted by Gasteiger charge is -2.14. The lowest BCUT2D eigenvalue weighted by Crippen LogP contribution is -2.21. The van der Waals surface area contributed by atoms with Crippen LogP contribution >= 0.6 is 27.7 Å². The molecule has 0 aromatic heterocycles. The summed E-state index contributed by atoms with van der Waals surface area (Å²) >= 11 is 5.47. The van der Waals surface area contributed by atoms with E-state index in [1.807, 2.05) is 11.8 Å². The van der Waals surface area contributed by atoms with Gasteiger partial charge < -0.3 is 5.32 Å². The zero-order chi connectivity index (χ0) is 11.1. The highest BCUT2D eigenvalue weighted by Crippen LogP contribution is 2.17. The molecule has 1 rings (SSSR count). The van der Waals surface area contributed by atoms with Gasteiger partial charge in [0.05, 0.1) is 0 Å². The van der Waals surface area contributed by atoms with Crippen molar-refractivity contribution in [3.63, 3.8) is 0 Å². The van der Waals surface area contributed by atoms with Gasteiger partial charge in [0.25, 0.3) is 0 Å². The SMILES string of the molecule is CCSCCN[C@H](C)c1cccc(Br)c1. The quantitative estimate of drug-likeness (QED) is 0.798. The van der Waals surface area contributed by atoms with E-state index in [-0.39, 0.29) is 0 Å². The number of benzene rings is 1. The minimum Gasteiger partial charge on any atom is -0.309 e. The number of hydrogen-bond acceptors (Lipinski definition) is 2. The van der Waals surface area contributed by atoms with Gasteiger partial charge in [-0.05, 0) is 30.4 Å². The predicted octanol–water partition coefficient (Wildman–Crippen LogP) is 3.85. The van der Waals surface area contributed by atoms with Crippen molar-refractivity contribution in [2.24, 2.45) is 0 Å². The Hall–Kier alpha value is 0.01000. The maximum atomic E-state index is 3.52. The first-order chi connectivity index (χ1) is 7.24. The van der Waals surface area contributed by atoms with Gasteiger partial charge >= 0.3 is 0 Å². The Morgan fingerprint density at radius 2 is 2.27 bits per heavy atom. The Bertz CT molecular complexity index is 291. The molecule has 0 saturated carbocycles. The van der Waals surface area contributed by atoms with E-state index in [4.69, 9.17) is 0 Å². The molecule has 1 atom stereocenters. The van der Waals surface area contributed by atoms with Crippen LogP contribution in [0.15, 0.2) is 28.7 Å². The first-order valence-corrected chi connectivity index (χ1v) is 7.25. The third-order valence-corrected chi connectivity index (χ3v) is 3.64. The lowest BCUT2D eigenvalue weighted by molar-refractivity contribution is 0.601. The molecule has 3 heteroatoms. The fourth-order valence-corrected chi connectivity index (χ4v) is 2.35. The monoisotopic (exact) mass is 287 g/mol. The third-order valence-electron chi connectivity index (χ3n) is 2.25. The van der Waals surface area contributed by atoms with Crippen molar-refractivity contribution in [3.8, 4) is 0 Å². The van der Waals surface area contributed by atoms with Crippen molar-refractivity contribution in [1.82, 2.24) is 5.32 Å². The molecule has 0 aliphatic carbocycles. The van der Waals surface area contributed by atoms with E-state index in [2.05, 4.69) is 59.4 Å². The van der Waals surface area contributed by atoms with Crippen LogP contribution in [0.5, 0.6) is 0 Å². The maximum absolute atomic E-state index is 3.52. The van der Waals surface area contributed by atoms with E-state index >= 15 is 0 Å². The number of rotatable bonds is 6. The van der Waals surface area contributed by atoms with Gasteiger partial charge in [0.1, 0.15) is 0 Å². The molecule has 1 aromatic rings. The topological polar surface area (TPSA) is 12.0 Å². The molecule has 1 nitrogen and oxygen atoms in total. The average Bonchev–Trinajstić information content (AvgIpc) is 2.24. The molecule has 1 N–H and O–H groups in total. The molecule has 0 aliphatic heterocycles. The molecule has 0 spiro atoms. The second-order valence-corrected chi connectivity index (χ2v) is 5.74. The summed E-state index contributed by atoms with van der Waals surface area (Å²) < 4.78 is 1.15. The van der Waals surface area contributed by atoms with Crippen molar-refractivity contribution >= 4 is 27.7 Å². The van der Waals surface area contributed by atoms with Crippen LogP contribution in [0.1, 0.15) is 25.5 Å². The van der Waals surface area contributed by atoms with Crippen LogP contribution in [0, 0.1) is 0 Å². The molecule has 0 fully saturated rings. The number of nitrogens with one attached hydrogen (secondary N) is 1. The summed E-state index contributed by atoms with van der Waals surface area (Å²) in [4.78, 5) is 0. The standard InChI is InChI=1S/C12H18BrNS/c1-3-15-8-7-14-10(2)11-5-4-6-12(13)9-11/h4-6,9-10,14H,3,7-8H2,1-2H3/t10-/m1/s1. The van der Waals surface area contributed by atoms with Gasteiger partial charge in [0, 0.05) is 22.8 Å². The molecule has 1 aromatic carbocycles. The molecule has 0 unspecified atom stereocenters. The van der Waals surface area contributed by atoms with E-state index in [9.17, 15) is 0 Å². The minimum absolute atomic E-state index is 0.431.